The van der Waals surface area contributed by atoms with Crippen LogP contribution in [0.2, 0.25) is 0 Å². The van der Waals surface area contributed by atoms with Crippen LogP contribution in [-0.4, -0.2) is 42.5 Å². The van der Waals surface area contributed by atoms with Gasteiger partial charge in [-0.1, -0.05) is 28.9 Å². The third-order valence-electron chi connectivity index (χ3n) is 6.18. The molecular weight excluding hydrogens is 420 g/mol. The van der Waals surface area contributed by atoms with Crippen molar-refractivity contribution in [2.24, 2.45) is 0 Å². The summed E-state index contributed by atoms with van der Waals surface area (Å²) in [6.45, 7) is 0. The maximum absolute atomic E-state index is 9.52. The first-order valence-corrected chi connectivity index (χ1v) is 10.4. The number of anilines is 1. The number of alkyl halides is 1. The molecule has 1 aliphatic carbocycles. The minimum atomic E-state index is -0.710. The van der Waals surface area contributed by atoms with Gasteiger partial charge in [-0.25, -0.2) is 4.90 Å². The molecule has 0 amide bonds. The zero-order valence-electron chi connectivity index (χ0n) is 16.6. The van der Waals surface area contributed by atoms with Crippen molar-refractivity contribution < 1.29 is 9.26 Å². The van der Waals surface area contributed by atoms with Crippen LogP contribution in [0.3, 0.4) is 0 Å². The van der Waals surface area contributed by atoms with Gasteiger partial charge in [0.05, 0.1) is 11.9 Å². The molecule has 1 saturated carbocycles. The van der Waals surface area contributed by atoms with Gasteiger partial charge in [-0.2, -0.15) is 10.2 Å². The van der Waals surface area contributed by atoms with Crippen LogP contribution in [0.15, 0.2) is 35.0 Å². The van der Waals surface area contributed by atoms with E-state index in [0.29, 0.717) is 23.3 Å². The minimum absolute atomic E-state index is 0.235. The third kappa shape index (κ3) is 2.41. The molecule has 1 unspecified atom stereocenters. The fourth-order valence-corrected chi connectivity index (χ4v) is 4.92. The molecule has 1 atom stereocenters. The van der Waals surface area contributed by atoms with E-state index in [9.17, 15) is 5.26 Å². The lowest BCUT2D eigenvalue weighted by atomic mass is 10.0. The zero-order valence-corrected chi connectivity index (χ0v) is 17.3. The lowest BCUT2D eigenvalue weighted by Gasteiger charge is -2.32. The maximum Gasteiger partial charge on any atom is 0.296 e. The summed E-state index contributed by atoms with van der Waals surface area (Å²) >= 11 is 6.59. The zero-order chi connectivity index (χ0) is 21.2. The fraction of sp³-hybridized carbons (Fsp3) is 0.350. The summed E-state index contributed by atoms with van der Waals surface area (Å²) in [5.41, 5.74) is 0.440. The fourth-order valence-electron chi connectivity index (χ4n) is 4.61. The van der Waals surface area contributed by atoms with E-state index in [-0.39, 0.29) is 5.89 Å². The lowest BCUT2D eigenvalue weighted by molar-refractivity contribution is -0.0178. The molecule has 3 aromatic rings. The summed E-state index contributed by atoms with van der Waals surface area (Å²) in [7, 11) is 1.68. The number of nitrogens with zero attached hydrogens (tertiary/aromatic N) is 8. The number of hydrogen-bond donors (Lipinski definition) is 0. The standard InChI is InChI=1S/C20H17ClN8O2/c1-30-20(8-4-5-9-20)18-23-17(31-26-18)16-25-24-15-12-6-2-3-7-13(12)28-14(29(15)16)10-27(11-22)19(28)21/h2-3,6-7,10,19H,4-5,8-9H2,1H3. The number of para-hydroxylation sites is 1. The summed E-state index contributed by atoms with van der Waals surface area (Å²) in [6.07, 6.45) is 7.56. The van der Waals surface area contributed by atoms with Crippen molar-refractivity contribution in [1.82, 2.24) is 29.8 Å². The largest absolute Gasteiger partial charge is 0.370 e. The Kier molecular flexibility index (Phi) is 3.87. The molecular formula is C20H17ClN8O2. The number of ether oxygens (including phenoxy) is 1. The Morgan fingerprint density at radius 2 is 2.00 bits per heavy atom. The molecule has 4 heterocycles. The monoisotopic (exact) mass is 436 g/mol. The van der Waals surface area contributed by atoms with Crippen molar-refractivity contribution >= 4 is 23.1 Å². The molecule has 0 spiro atoms. The predicted octanol–water partition coefficient (Wildman–Crippen LogP) is 3.31. The molecule has 3 aliphatic rings. The molecule has 0 bridgehead atoms. The van der Waals surface area contributed by atoms with Crippen LogP contribution in [0, 0.1) is 11.5 Å². The Morgan fingerprint density at radius 3 is 2.77 bits per heavy atom. The van der Waals surface area contributed by atoms with E-state index in [0.717, 1.165) is 36.9 Å². The number of methoxy groups -OCH3 is 1. The summed E-state index contributed by atoms with van der Waals surface area (Å²) < 4.78 is 13.2. The van der Waals surface area contributed by atoms with E-state index in [1.807, 2.05) is 29.2 Å². The van der Waals surface area contributed by atoms with Gasteiger partial charge in [-0.05, 0) is 37.8 Å². The maximum atomic E-state index is 9.52. The van der Waals surface area contributed by atoms with Crippen LogP contribution in [0.5, 0.6) is 0 Å². The predicted molar refractivity (Wildman–Crippen MR) is 110 cm³/mol. The van der Waals surface area contributed by atoms with Crippen molar-refractivity contribution in [3.8, 4) is 29.3 Å². The molecule has 31 heavy (non-hydrogen) atoms. The molecule has 2 aliphatic heterocycles. The van der Waals surface area contributed by atoms with Gasteiger partial charge in [0.1, 0.15) is 11.4 Å². The minimum Gasteiger partial charge on any atom is -0.370 e. The van der Waals surface area contributed by atoms with E-state index in [1.54, 1.807) is 17.9 Å². The normalized spacial score (nSPS) is 20.8. The van der Waals surface area contributed by atoms with Crippen molar-refractivity contribution in [2.45, 2.75) is 36.9 Å². The van der Waals surface area contributed by atoms with E-state index < -0.39 is 11.2 Å². The average molecular weight is 437 g/mol. The first kappa shape index (κ1) is 18.4. The molecule has 11 heteroatoms. The van der Waals surface area contributed by atoms with Crippen molar-refractivity contribution in [1.29, 1.82) is 5.26 Å². The van der Waals surface area contributed by atoms with Crippen molar-refractivity contribution in [3.63, 3.8) is 0 Å². The first-order chi connectivity index (χ1) is 15.2. The average Bonchev–Trinajstić information content (AvgIpc) is 3.58. The molecule has 1 fully saturated rings. The summed E-state index contributed by atoms with van der Waals surface area (Å²) in [5, 5.41) is 22.5. The molecule has 0 radical (unpaired) electrons. The Hall–Kier alpha value is -3.42. The highest BCUT2D eigenvalue weighted by Crippen LogP contribution is 2.46. The Morgan fingerprint density at radius 1 is 1.23 bits per heavy atom. The van der Waals surface area contributed by atoms with Crippen LogP contribution in [0.4, 0.5) is 5.69 Å². The van der Waals surface area contributed by atoms with Crippen LogP contribution in [0.1, 0.15) is 31.5 Å². The SMILES string of the molecule is COC1(c2noc(-c3nnc4n3C3=CN(C#N)C(Cl)N3c3ccccc3-4)n2)CCCC1. The summed E-state index contributed by atoms with van der Waals surface area (Å²) in [4.78, 5) is 7.85. The lowest BCUT2D eigenvalue weighted by Crippen LogP contribution is -2.36. The van der Waals surface area contributed by atoms with Gasteiger partial charge in [-0.3, -0.25) is 9.47 Å². The molecule has 2 aromatic heterocycles. The second-order valence-corrected chi connectivity index (χ2v) is 8.09. The van der Waals surface area contributed by atoms with Gasteiger partial charge < -0.3 is 9.26 Å². The van der Waals surface area contributed by atoms with E-state index in [4.69, 9.17) is 20.9 Å². The molecule has 156 valence electrons. The number of rotatable bonds is 3. The number of nitriles is 1. The van der Waals surface area contributed by atoms with Crippen LogP contribution in [0.25, 0.3) is 28.9 Å². The van der Waals surface area contributed by atoms with E-state index >= 15 is 0 Å². The molecule has 0 saturated heterocycles. The quantitative estimate of drug-likeness (QED) is 0.347. The summed E-state index contributed by atoms with van der Waals surface area (Å²) in [6, 6.07) is 7.70. The Balaban J connectivity index is 1.52. The molecule has 6 rings (SSSR count). The van der Waals surface area contributed by atoms with Gasteiger partial charge in [0.15, 0.2) is 17.6 Å². The topological polar surface area (TPSA) is 109 Å². The van der Waals surface area contributed by atoms with Crippen molar-refractivity contribution in [3.05, 3.63) is 36.3 Å². The second-order valence-electron chi connectivity index (χ2n) is 7.70. The Bertz CT molecular complexity index is 1250. The van der Waals surface area contributed by atoms with Gasteiger partial charge in [-0.15, -0.1) is 10.2 Å². The Labute approximate surface area is 182 Å². The van der Waals surface area contributed by atoms with E-state index in [1.165, 1.54) is 4.90 Å². The first-order valence-electron chi connectivity index (χ1n) is 9.95. The highest BCUT2D eigenvalue weighted by molar-refractivity contribution is 6.23. The van der Waals surface area contributed by atoms with E-state index in [2.05, 4.69) is 26.5 Å². The van der Waals surface area contributed by atoms with Gasteiger partial charge in [0.2, 0.25) is 11.6 Å². The molecule has 1 aromatic carbocycles. The third-order valence-corrected chi connectivity index (χ3v) is 6.59. The van der Waals surface area contributed by atoms with Gasteiger partial charge in [0, 0.05) is 12.7 Å². The number of aromatic nitrogens is 5. The van der Waals surface area contributed by atoms with Gasteiger partial charge >= 0.3 is 0 Å². The number of hydrogen-bond acceptors (Lipinski definition) is 9. The number of benzene rings is 1. The van der Waals surface area contributed by atoms with Crippen LogP contribution in [-0.2, 0) is 10.3 Å². The van der Waals surface area contributed by atoms with Crippen molar-refractivity contribution in [2.75, 3.05) is 12.0 Å². The van der Waals surface area contributed by atoms with Crippen LogP contribution < -0.4 is 4.90 Å². The highest BCUT2D eigenvalue weighted by atomic mass is 35.5. The van der Waals surface area contributed by atoms with Crippen LogP contribution >= 0.6 is 11.6 Å². The molecule has 0 N–H and O–H groups in total. The highest BCUT2D eigenvalue weighted by Gasteiger charge is 2.43. The smallest absolute Gasteiger partial charge is 0.296 e. The number of halogens is 1. The van der Waals surface area contributed by atoms with Gasteiger partial charge in [0.25, 0.3) is 5.89 Å². The second kappa shape index (κ2) is 6.54. The summed E-state index contributed by atoms with van der Waals surface area (Å²) in [5.74, 6) is 2.38. The number of fused-ring (bicyclic) bond motifs is 6. The molecule has 10 nitrogen and oxygen atoms in total.